The molecule has 1 amide bonds. The number of ether oxygens (including phenoxy) is 2. The Bertz CT molecular complexity index is 743. The Morgan fingerprint density at radius 2 is 1.87 bits per heavy atom. The molecule has 0 radical (unpaired) electrons. The van der Waals surface area contributed by atoms with Crippen LogP contribution < -0.4 is 14.9 Å². The van der Waals surface area contributed by atoms with Crippen LogP contribution in [0, 0.1) is 0 Å². The fourth-order valence-corrected chi connectivity index (χ4v) is 1.95. The monoisotopic (exact) mass is 316 g/mol. The van der Waals surface area contributed by atoms with Crippen molar-refractivity contribution < 1.29 is 24.5 Å². The van der Waals surface area contributed by atoms with E-state index in [2.05, 4.69) is 10.5 Å². The van der Waals surface area contributed by atoms with E-state index in [1.807, 2.05) is 0 Å². The molecule has 0 aromatic heterocycles. The molecule has 0 bridgehead atoms. The van der Waals surface area contributed by atoms with Crippen molar-refractivity contribution in [3.63, 3.8) is 0 Å². The van der Waals surface area contributed by atoms with Crippen molar-refractivity contribution in [2.75, 3.05) is 14.2 Å². The number of hydrazone groups is 1. The molecule has 0 spiro atoms. The molecule has 0 fully saturated rings. The first-order valence-corrected chi connectivity index (χ1v) is 6.63. The zero-order chi connectivity index (χ0) is 16.8. The largest absolute Gasteiger partial charge is 0.504 e. The summed E-state index contributed by atoms with van der Waals surface area (Å²) in [5.41, 5.74) is 2.79. The van der Waals surface area contributed by atoms with Crippen LogP contribution in [0.5, 0.6) is 23.0 Å². The molecule has 7 nitrogen and oxygen atoms in total. The summed E-state index contributed by atoms with van der Waals surface area (Å²) in [5.74, 6) is -0.520. The highest BCUT2D eigenvalue weighted by Gasteiger charge is 2.13. The number of carbonyl (C=O) groups is 1. The predicted octanol–water partition coefficient (Wildman–Crippen LogP) is 1.88. The Morgan fingerprint density at radius 1 is 1.13 bits per heavy atom. The molecule has 0 aliphatic heterocycles. The van der Waals surface area contributed by atoms with Crippen LogP contribution in [0.4, 0.5) is 0 Å². The van der Waals surface area contributed by atoms with Gasteiger partial charge >= 0.3 is 0 Å². The second-order valence-electron chi connectivity index (χ2n) is 4.46. The third-order valence-electron chi connectivity index (χ3n) is 3.06. The Morgan fingerprint density at radius 3 is 2.57 bits per heavy atom. The Balaban J connectivity index is 2.16. The fraction of sp³-hybridized carbons (Fsp3) is 0.125. The van der Waals surface area contributed by atoms with Crippen molar-refractivity contribution in [1.82, 2.24) is 5.43 Å². The molecule has 0 aliphatic rings. The van der Waals surface area contributed by atoms with Gasteiger partial charge in [0, 0.05) is 5.56 Å². The summed E-state index contributed by atoms with van der Waals surface area (Å²) in [7, 11) is 3.02. The summed E-state index contributed by atoms with van der Waals surface area (Å²) in [5, 5.41) is 22.8. The lowest BCUT2D eigenvalue weighted by Gasteiger charge is -2.09. The maximum Gasteiger partial charge on any atom is 0.275 e. The lowest BCUT2D eigenvalue weighted by molar-refractivity contribution is 0.0952. The zero-order valence-corrected chi connectivity index (χ0v) is 12.6. The summed E-state index contributed by atoms with van der Waals surface area (Å²) in [6.45, 7) is 0. The summed E-state index contributed by atoms with van der Waals surface area (Å²) in [6, 6.07) is 9.31. The maximum absolute atomic E-state index is 11.9. The van der Waals surface area contributed by atoms with Gasteiger partial charge in [0.1, 0.15) is 0 Å². The molecule has 2 aromatic rings. The highest BCUT2D eigenvalue weighted by molar-refractivity contribution is 5.98. The van der Waals surface area contributed by atoms with Crippen LogP contribution in [0.15, 0.2) is 41.5 Å². The van der Waals surface area contributed by atoms with Crippen molar-refractivity contribution >= 4 is 12.1 Å². The first kappa shape index (κ1) is 16.2. The van der Waals surface area contributed by atoms with E-state index >= 15 is 0 Å². The molecule has 2 rings (SSSR count). The standard InChI is InChI=1S/C16H16N2O5/c1-22-13-8-3-5-10(15(13)23-2)9-17-18-16(21)11-6-4-7-12(19)14(11)20/h3-9,19-20H,1-2H3,(H,18,21). The summed E-state index contributed by atoms with van der Waals surface area (Å²) >= 11 is 0. The van der Waals surface area contributed by atoms with Crippen LogP contribution in [-0.4, -0.2) is 36.6 Å². The van der Waals surface area contributed by atoms with E-state index in [1.54, 1.807) is 18.2 Å². The molecule has 120 valence electrons. The topological polar surface area (TPSA) is 100 Å². The number of carbonyl (C=O) groups excluding carboxylic acids is 1. The van der Waals surface area contributed by atoms with Gasteiger partial charge in [-0.15, -0.1) is 0 Å². The van der Waals surface area contributed by atoms with Gasteiger partial charge in [-0.25, -0.2) is 5.43 Å². The van der Waals surface area contributed by atoms with Crippen molar-refractivity contribution in [2.45, 2.75) is 0 Å². The van der Waals surface area contributed by atoms with Gasteiger partial charge in [0.25, 0.3) is 5.91 Å². The molecule has 7 heteroatoms. The fourth-order valence-electron chi connectivity index (χ4n) is 1.95. The Kier molecular flexibility index (Phi) is 5.03. The van der Waals surface area contributed by atoms with Crippen LogP contribution in [0.25, 0.3) is 0 Å². The molecule has 0 unspecified atom stereocenters. The van der Waals surface area contributed by atoms with Crippen molar-refractivity contribution in [3.05, 3.63) is 47.5 Å². The first-order chi connectivity index (χ1) is 11.1. The van der Waals surface area contributed by atoms with Gasteiger partial charge in [-0.2, -0.15) is 5.10 Å². The number of phenolic OH excluding ortho intramolecular Hbond substituents is 2. The number of para-hydroxylation sites is 2. The highest BCUT2D eigenvalue weighted by atomic mass is 16.5. The van der Waals surface area contributed by atoms with Crippen LogP contribution in [0.1, 0.15) is 15.9 Å². The molecule has 0 aliphatic carbocycles. The van der Waals surface area contributed by atoms with Gasteiger partial charge in [-0.1, -0.05) is 12.1 Å². The smallest absolute Gasteiger partial charge is 0.275 e. The highest BCUT2D eigenvalue weighted by Crippen LogP contribution is 2.29. The number of phenols is 2. The van der Waals surface area contributed by atoms with Gasteiger partial charge in [-0.3, -0.25) is 4.79 Å². The molecule has 23 heavy (non-hydrogen) atoms. The number of benzene rings is 2. The van der Waals surface area contributed by atoms with Gasteiger partial charge in [0.15, 0.2) is 23.0 Å². The number of amides is 1. The van der Waals surface area contributed by atoms with Crippen molar-refractivity contribution in [2.24, 2.45) is 5.10 Å². The second-order valence-corrected chi connectivity index (χ2v) is 4.46. The number of hydrogen-bond donors (Lipinski definition) is 3. The third kappa shape index (κ3) is 3.52. The summed E-state index contributed by atoms with van der Waals surface area (Å²) in [4.78, 5) is 11.9. The third-order valence-corrected chi connectivity index (χ3v) is 3.06. The van der Waals surface area contributed by atoms with Gasteiger partial charge in [0.2, 0.25) is 0 Å². The average molecular weight is 316 g/mol. The number of aromatic hydroxyl groups is 2. The molecule has 0 saturated heterocycles. The van der Waals surface area contributed by atoms with E-state index in [1.165, 1.54) is 38.6 Å². The zero-order valence-electron chi connectivity index (χ0n) is 12.6. The van der Waals surface area contributed by atoms with E-state index < -0.39 is 11.7 Å². The molecular formula is C16H16N2O5. The van der Waals surface area contributed by atoms with Crippen LogP contribution in [-0.2, 0) is 0 Å². The number of hydrogen-bond acceptors (Lipinski definition) is 6. The number of nitrogens with one attached hydrogen (secondary N) is 1. The number of nitrogens with zero attached hydrogens (tertiary/aromatic N) is 1. The molecule has 0 atom stereocenters. The molecular weight excluding hydrogens is 300 g/mol. The lowest BCUT2D eigenvalue weighted by Crippen LogP contribution is -2.17. The van der Waals surface area contributed by atoms with Crippen molar-refractivity contribution in [3.8, 4) is 23.0 Å². The molecule has 0 saturated carbocycles. The van der Waals surface area contributed by atoms with Crippen LogP contribution in [0.2, 0.25) is 0 Å². The summed E-state index contributed by atoms with van der Waals surface area (Å²) < 4.78 is 10.4. The van der Waals surface area contributed by atoms with Crippen molar-refractivity contribution in [1.29, 1.82) is 0 Å². The number of rotatable bonds is 5. The molecule has 3 N–H and O–H groups in total. The van der Waals surface area contributed by atoms with Gasteiger partial charge < -0.3 is 19.7 Å². The van der Waals surface area contributed by atoms with Crippen LogP contribution in [0.3, 0.4) is 0 Å². The Hall–Kier alpha value is -3.22. The summed E-state index contributed by atoms with van der Waals surface area (Å²) in [6.07, 6.45) is 1.39. The second kappa shape index (κ2) is 7.17. The first-order valence-electron chi connectivity index (χ1n) is 6.63. The van der Waals surface area contributed by atoms with E-state index in [0.29, 0.717) is 17.1 Å². The van der Waals surface area contributed by atoms with E-state index in [0.717, 1.165) is 0 Å². The minimum absolute atomic E-state index is 0.0836. The maximum atomic E-state index is 11.9. The number of methoxy groups -OCH3 is 2. The molecule has 2 aromatic carbocycles. The van der Waals surface area contributed by atoms with Crippen LogP contribution >= 0.6 is 0 Å². The predicted molar refractivity (Wildman–Crippen MR) is 84.4 cm³/mol. The molecule has 0 heterocycles. The lowest BCUT2D eigenvalue weighted by atomic mass is 10.2. The minimum Gasteiger partial charge on any atom is -0.504 e. The average Bonchev–Trinajstić information content (AvgIpc) is 2.56. The SMILES string of the molecule is COc1cccc(C=NNC(=O)c2cccc(O)c2O)c1OC. The van der Waals surface area contributed by atoms with E-state index in [9.17, 15) is 15.0 Å². The van der Waals surface area contributed by atoms with E-state index in [4.69, 9.17) is 9.47 Å². The normalized spacial score (nSPS) is 10.5. The van der Waals surface area contributed by atoms with E-state index in [-0.39, 0.29) is 11.3 Å². The Labute approximate surface area is 132 Å². The van der Waals surface area contributed by atoms with Gasteiger partial charge in [0.05, 0.1) is 26.0 Å². The quantitative estimate of drug-likeness (QED) is 0.444. The van der Waals surface area contributed by atoms with Gasteiger partial charge in [-0.05, 0) is 24.3 Å². The minimum atomic E-state index is -0.656.